The van der Waals surface area contributed by atoms with Crippen LogP contribution in [0.25, 0.3) is 0 Å². The summed E-state index contributed by atoms with van der Waals surface area (Å²) in [6.45, 7) is -0.461. The number of benzene rings is 1. The molecule has 2 rings (SSSR count). The molecule has 0 bridgehead atoms. The minimum absolute atomic E-state index is 0.461. The molecule has 0 amide bonds. The Bertz CT molecular complexity index is 466. The fourth-order valence-electron chi connectivity index (χ4n) is 2.29. The summed E-state index contributed by atoms with van der Waals surface area (Å²) in [5.41, 5.74) is 0.527. The third kappa shape index (κ3) is 2.83. The summed E-state index contributed by atoms with van der Waals surface area (Å²) < 4.78 is 11.5. The lowest BCUT2D eigenvalue weighted by molar-refractivity contribution is -0.232. The second kappa shape index (κ2) is 6.38. The van der Waals surface area contributed by atoms with E-state index in [2.05, 4.69) is 15.9 Å². The maximum atomic E-state index is 10.1. The molecule has 6 nitrogen and oxygen atoms in total. The lowest BCUT2D eigenvalue weighted by Gasteiger charge is -2.40. The molecule has 112 valence electrons. The van der Waals surface area contributed by atoms with E-state index in [1.165, 1.54) is 7.11 Å². The summed E-state index contributed by atoms with van der Waals surface area (Å²) in [6.07, 6.45) is -5.95. The molecule has 7 heteroatoms. The second-order valence-corrected chi connectivity index (χ2v) is 5.55. The fourth-order valence-corrected chi connectivity index (χ4v) is 2.66. The van der Waals surface area contributed by atoms with E-state index in [9.17, 15) is 20.4 Å². The van der Waals surface area contributed by atoms with Gasteiger partial charge in [0.25, 0.3) is 0 Å². The van der Waals surface area contributed by atoms with Gasteiger partial charge >= 0.3 is 0 Å². The first-order valence-electron chi connectivity index (χ1n) is 6.13. The van der Waals surface area contributed by atoms with Gasteiger partial charge in [-0.25, -0.2) is 0 Å². The fraction of sp³-hybridized carbons (Fsp3) is 0.538. The molecule has 0 saturated carbocycles. The highest BCUT2D eigenvalue weighted by Gasteiger charge is 2.44. The third-order valence-corrected chi connectivity index (χ3v) is 3.88. The van der Waals surface area contributed by atoms with E-state index in [1.54, 1.807) is 18.2 Å². The van der Waals surface area contributed by atoms with Crippen LogP contribution in [0.1, 0.15) is 11.7 Å². The molecule has 1 aliphatic rings. The average molecular weight is 349 g/mol. The number of ether oxygens (including phenoxy) is 2. The van der Waals surface area contributed by atoms with Gasteiger partial charge in [-0.15, -0.1) is 0 Å². The first kappa shape index (κ1) is 15.7. The van der Waals surface area contributed by atoms with Crippen LogP contribution >= 0.6 is 15.9 Å². The van der Waals surface area contributed by atoms with Gasteiger partial charge in [0.2, 0.25) is 0 Å². The van der Waals surface area contributed by atoms with Crippen molar-refractivity contribution in [1.82, 2.24) is 0 Å². The highest BCUT2D eigenvalue weighted by Crippen LogP contribution is 2.38. The zero-order chi connectivity index (χ0) is 14.9. The molecule has 4 N–H and O–H groups in total. The molecule has 1 saturated heterocycles. The summed E-state index contributed by atoms with van der Waals surface area (Å²) in [5, 5.41) is 38.9. The van der Waals surface area contributed by atoms with Crippen LogP contribution in [0.2, 0.25) is 0 Å². The first-order valence-corrected chi connectivity index (χ1v) is 6.92. The SMILES string of the molecule is COc1ccc(Br)cc1[C@H]1O[C@H](CO)[C@@H](O)[C@H](O)[C@@H]1O. The molecular formula is C13H17BrO6. The summed E-state index contributed by atoms with van der Waals surface area (Å²) in [6, 6.07) is 5.17. The van der Waals surface area contributed by atoms with E-state index in [0.29, 0.717) is 11.3 Å². The monoisotopic (exact) mass is 348 g/mol. The Morgan fingerprint density at radius 3 is 2.50 bits per heavy atom. The van der Waals surface area contributed by atoms with Crippen LogP contribution in [-0.4, -0.2) is 58.6 Å². The van der Waals surface area contributed by atoms with Crippen LogP contribution in [0.3, 0.4) is 0 Å². The van der Waals surface area contributed by atoms with Gasteiger partial charge in [-0.05, 0) is 18.2 Å². The van der Waals surface area contributed by atoms with Crippen LogP contribution in [-0.2, 0) is 4.74 Å². The third-order valence-electron chi connectivity index (χ3n) is 3.39. The Morgan fingerprint density at radius 2 is 1.90 bits per heavy atom. The molecule has 0 aliphatic carbocycles. The molecule has 1 heterocycles. The highest BCUT2D eigenvalue weighted by atomic mass is 79.9. The average Bonchev–Trinajstić information content (AvgIpc) is 2.45. The van der Waals surface area contributed by atoms with Gasteiger partial charge in [-0.2, -0.15) is 0 Å². The van der Waals surface area contributed by atoms with Gasteiger partial charge in [-0.3, -0.25) is 0 Å². The molecule has 1 aromatic rings. The lowest BCUT2D eigenvalue weighted by Crippen LogP contribution is -2.55. The largest absolute Gasteiger partial charge is 0.496 e. The van der Waals surface area contributed by atoms with E-state index in [0.717, 1.165) is 4.47 Å². The predicted molar refractivity (Wildman–Crippen MR) is 73.4 cm³/mol. The molecule has 20 heavy (non-hydrogen) atoms. The molecule has 5 atom stereocenters. The smallest absolute Gasteiger partial charge is 0.124 e. The summed E-state index contributed by atoms with van der Waals surface area (Å²) in [4.78, 5) is 0. The van der Waals surface area contributed by atoms with Crippen LogP contribution in [0, 0.1) is 0 Å². The van der Waals surface area contributed by atoms with Crippen molar-refractivity contribution in [1.29, 1.82) is 0 Å². The van der Waals surface area contributed by atoms with Crippen molar-refractivity contribution in [2.24, 2.45) is 0 Å². The molecule has 0 radical (unpaired) electrons. The van der Waals surface area contributed by atoms with Crippen LogP contribution < -0.4 is 4.74 Å². The maximum absolute atomic E-state index is 10.1. The maximum Gasteiger partial charge on any atom is 0.124 e. The van der Waals surface area contributed by atoms with Gasteiger partial charge in [0, 0.05) is 10.0 Å². The zero-order valence-electron chi connectivity index (χ0n) is 10.8. The number of aliphatic hydroxyl groups is 4. The van der Waals surface area contributed by atoms with Gasteiger partial charge in [0.05, 0.1) is 13.7 Å². The van der Waals surface area contributed by atoms with Crippen LogP contribution in [0.15, 0.2) is 22.7 Å². The second-order valence-electron chi connectivity index (χ2n) is 4.64. The summed E-state index contributed by atoms with van der Waals surface area (Å²) in [7, 11) is 1.48. The Labute approximate surface area is 124 Å². The minimum Gasteiger partial charge on any atom is -0.496 e. The standard InChI is InChI=1S/C13H17BrO6/c1-19-8-3-2-6(14)4-7(8)13-12(18)11(17)10(16)9(5-15)20-13/h2-4,9-13,15-18H,5H2,1H3/t9-,10-,11+,12+,13-/m1/s1. The van der Waals surface area contributed by atoms with Gasteiger partial charge in [0.15, 0.2) is 0 Å². The molecule has 1 aliphatic heterocycles. The molecular weight excluding hydrogens is 332 g/mol. The van der Waals surface area contributed by atoms with Crippen molar-refractivity contribution in [2.75, 3.05) is 13.7 Å². The van der Waals surface area contributed by atoms with Gasteiger partial charge in [0.1, 0.15) is 36.3 Å². The van der Waals surface area contributed by atoms with Crippen LogP contribution in [0.5, 0.6) is 5.75 Å². The number of halogens is 1. The Kier molecular flexibility index (Phi) is 5.00. The molecule has 0 spiro atoms. The van der Waals surface area contributed by atoms with Crippen molar-refractivity contribution < 1.29 is 29.9 Å². The summed E-state index contributed by atoms with van der Waals surface area (Å²) in [5.74, 6) is 0.484. The van der Waals surface area contributed by atoms with Crippen molar-refractivity contribution in [3.63, 3.8) is 0 Å². The number of aliphatic hydroxyl groups excluding tert-OH is 4. The van der Waals surface area contributed by atoms with Crippen molar-refractivity contribution in [3.05, 3.63) is 28.2 Å². The Morgan fingerprint density at radius 1 is 1.20 bits per heavy atom. The van der Waals surface area contributed by atoms with E-state index in [1.807, 2.05) is 0 Å². The van der Waals surface area contributed by atoms with Gasteiger partial charge < -0.3 is 29.9 Å². The zero-order valence-corrected chi connectivity index (χ0v) is 12.4. The van der Waals surface area contributed by atoms with Crippen molar-refractivity contribution >= 4 is 15.9 Å². The van der Waals surface area contributed by atoms with E-state index < -0.39 is 37.1 Å². The van der Waals surface area contributed by atoms with Crippen molar-refractivity contribution in [2.45, 2.75) is 30.5 Å². The minimum atomic E-state index is -1.41. The number of hydrogen-bond acceptors (Lipinski definition) is 6. The normalized spacial score (nSPS) is 34.0. The molecule has 1 fully saturated rings. The topological polar surface area (TPSA) is 99.4 Å². The predicted octanol–water partition coefficient (Wildman–Crippen LogP) is -0.0274. The lowest BCUT2D eigenvalue weighted by atomic mass is 9.91. The number of methoxy groups -OCH3 is 1. The first-order chi connectivity index (χ1) is 9.49. The molecule has 1 aromatic carbocycles. The van der Waals surface area contributed by atoms with Crippen LogP contribution in [0.4, 0.5) is 0 Å². The van der Waals surface area contributed by atoms with Gasteiger partial charge in [-0.1, -0.05) is 15.9 Å². The molecule has 0 unspecified atom stereocenters. The van der Waals surface area contributed by atoms with E-state index in [4.69, 9.17) is 9.47 Å². The number of rotatable bonds is 3. The van der Waals surface area contributed by atoms with Crippen molar-refractivity contribution in [3.8, 4) is 5.75 Å². The highest BCUT2D eigenvalue weighted by molar-refractivity contribution is 9.10. The number of hydrogen-bond donors (Lipinski definition) is 4. The summed E-state index contributed by atoms with van der Waals surface area (Å²) >= 11 is 3.32. The Balaban J connectivity index is 2.38. The quantitative estimate of drug-likeness (QED) is 0.612. The van der Waals surface area contributed by atoms with E-state index in [-0.39, 0.29) is 0 Å². The van der Waals surface area contributed by atoms with E-state index >= 15 is 0 Å². The molecule has 0 aromatic heterocycles. The Hall–Kier alpha value is -0.700.